The molecule has 22 heavy (non-hydrogen) atoms. The fourth-order valence-corrected chi connectivity index (χ4v) is 3.26. The van der Waals surface area contributed by atoms with E-state index in [9.17, 15) is 14.5 Å². The minimum Gasteiger partial charge on any atom is -0.322 e. The molecule has 0 aliphatic heterocycles. The molecule has 3 rings (SSSR count). The van der Waals surface area contributed by atoms with Crippen molar-refractivity contribution in [3.8, 4) is 0 Å². The summed E-state index contributed by atoms with van der Waals surface area (Å²) in [5, 5.41) is 11.7. The van der Waals surface area contributed by atoms with E-state index < -0.39 is 10.7 Å². The normalized spacial score (nSPS) is 11.0. The number of imidazole rings is 1. The van der Waals surface area contributed by atoms with Gasteiger partial charge in [0.15, 0.2) is 5.16 Å². The van der Waals surface area contributed by atoms with Gasteiger partial charge in [-0.25, -0.2) is 9.37 Å². The van der Waals surface area contributed by atoms with E-state index in [1.807, 2.05) is 35.9 Å². The molecule has 0 unspecified atom stereocenters. The number of benzene rings is 2. The summed E-state index contributed by atoms with van der Waals surface area (Å²) in [5.74, 6) is -0.416. The molecule has 0 radical (unpaired) electrons. The number of hydrogen-bond acceptors (Lipinski definition) is 4. The first-order valence-electron chi connectivity index (χ1n) is 6.54. The standard InChI is InChI=1S/C15H12FN3O2S/c1-18-14-7-3-2-6-12(14)17-15(18)22-9-10-11(16)5-4-8-13(10)19(20)21/h2-8H,9H2,1H3. The van der Waals surface area contributed by atoms with E-state index in [1.54, 1.807) is 0 Å². The maximum Gasteiger partial charge on any atom is 0.276 e. The summed E-state index contributed by atoms with van der Waals surface area (Å²) in [6.45, 7) is 0. The number of hydrogen-bond donors (Lipinski definition) is 0. The first-order chi connectivity index (χ1) is 10.6. The van der Waals surface area contributed by atoms with Crippen molar-refractivity contribution in [1.29, 1.82) is 0 Å². The van der Waals surface area contributed by atoms with E-state index in [2.05, 4.69) is 4.98 Å². The number of thioether (sulfide) groups is 1. The summed E-state index contributed by atoms with van der Waals surface area (Å²) in [4.78, 5) is 14.9. The minimum atomic E-state index is -0.569. The summed E-state index contributed by atoms with van der Waals surface area (Å²) in [6, 6.07) is 11.5. The molecule has 0 bridgehead atoms. The van der Waals surface area contributed by atoms with Crippen LogP contribution in [0.2, 0.25) is 0 Å². The lowest BCUT2D eigenvalue weighted by Crippen LogP contribution is -1.98. The Balaban J connectivity index is 1.92. The summed E-state index contributed by atoms with van der Waals surface area (Å²) in [5.41, 5.74) is 1.69. The van der Waals surface area contributed by atoms with E-state index in [4.69, 9.17) is 0 Å². The number of nitro groups is 1. The van der Waals surface area contributed by atoms with Crippen molar-refractivity contribution < 1.29 is 9.31 Å². The Hall–Kier alpha value is -2.41. The van der Waals surface area contributed by atoms with Crippen LogP contribution >= 0.6 is 11.8 Å². The molecule has 0 N–H and O–H groups in total. The maximum atomic E-state index is 13.9. The third-order valence-corrected chi connectivity index (χ3v) is 4.44. The highest BCUT2D eigenvalue weighted by Crippen LogP contribution is 2.30. The van der Waals surface area contributed by atoms with Gasteiger partial charge in [-0.3, -0.25) is 10.1 Å². The van der Waals surface area contributed by atoms with E-state index in [0.717, 1.165) is 11.0 Å². The Labute approximate surface area is 129 Å². The van der Waals surface area contributed by atoms with Crippen molar-refractivity contribution in [2.75, 3.05) is 0 Å². The average molecular weight is 317 g/mol. The van der Waals surface area contributed by atoms with Crippen LogP contribution in [0.5, 0.6) is 0 Å². The van der Waals surface area contributed by atoms with Crippen molar-refractivity contribution in [2.24, 2.45) is 7.05 Å². The van der Waals surface area contributed by atoms with E-state index in [-0.39, 0.29) is 17.0 Å². The third kappa shape index (κ3) is 2.55. The Morgan fingerprint density at radius 1 is 1.27 bits per heavy atom. The summed E-state index contributed by atoms with van der Waals surface area (Å²) < 4.78 is 15.8. The Morgan fingerprint density at radius 3 is 2.77 bits per heavy atom. The van der Waals surface area contributed by atoms with Crippen molar-refractivity contribution in [3.63, 3.8) is 0 Å². The second kappa shape index (κ2) is 5.76. The van der Waals surface area contributed by atoms with Crippen molar-refractivity contribution in [3.05, 3.63) is 64.0 Å². The molecule has 0 saturated carbocycles. The number of rotatable bonds is 4. The monoisotopic (exact) mass is 317 g/mol. The molecule has 0 amide bonds. The Bertz CT molecular complexity index is 863. The lowest BCUT2D eigenvalue weighted by atomic mass is 10.2. The van der Waals surface area contributed by atoms with Crippen LogP contribution in [0.3, 0.4) is 0 Å². The van der Waals surface area contributed by atoms with E-state index >= 15 is 0 Å². The fraction of sp³-hybridized carbons (Fsp3) is 0.133. The highest BCUT2D eigenvalue weighted by molar-refractivity contribution is 7.98. The van der Waals surface area contributed by atoms with Crippen LogP contribution in [0, 0.1) is 15.9 Å². The van der Waals surface area contributed by atoms with Crippen LogP contribution in [-0.4, -0.2) is 14.5 Å². The topological polar surface area (TPSA) is 61.0 Å². The molecule has 0 aliphatic carbocycles. The van der Waals surface area contributed by atoms with Gasteiger partial charge >= 0.3 is 0 Å². The second-order valence-electron chi connectivity index (χ2n) is 4.73. The highest BCUT2D eigenvalue weighted by Gasteiger charge is 2.19. The molecule has 0 fully saturated rings. The Kier molecular flexibility index (Phi) is 3.81. The van der Waals surface area contributed by atoms with Crippen LogP contribution in [0.4, 0.5) is 10.1 Å². The first-order valence-corrected chi connectivity index (χ1v) is 7.52. The Morgan fingerprint density at radius 2 is 2.05 bits per heavy atom. The van der Waals surface area contributed by atoms with Crippen molar-refractivity contribution in [1.82, 2.24) is 9.55 Å². The van der Waals surface area contributed by atoms with Gasteiger partial charge in [0.1, 0.15) is 5.82 Å². The van der Waals surface area contributed by atoms with Crippen molar-refractivity contribution in [2.45, 2.75) is 10.9 Å². The van der Waals surface area contributed by atoms with E-state index in [0.29, 0.717) is 5.16 Å². The maximum absolute atomic E-state index is 13.9. The molecule has 0 atom stereocenters. The van der Waals surface area contributed by atoms with E-state index in [1.165, 1.54) is 30.0 Å². The summed E-state index contributed by atoms with van der Waals surface area (Å²) >= 11 is 1.28. The molecule has 0 spiro atoms. The third-order valence-electron chi connectivity index (χ3n) is 3.38. The summed E-state index contributed by atoms with van der Waals surface area (Å²) in [6.07, 6.45) is 0. The molecule has 1 heterocycles. The first kappa shape index (κ1) is 14.5. The fourth-order valence-electron chi connectivity index (χ4n) is 2.25. The quantitative estimate of drug-likeness (QED) is 0.416. The predicted octanol–water partition coefficient (Wildman–Crippen LogP) is 3.91. The number of fused-ring (bicyclic) bond motifs is 1. The zero-order valence-corrected chi connectivity index (χ0v) is 12.5. The van der Waals surface area contributed by atoms with Crippen LogP contribution < -0.4 is 0 Å². The lowest BCUT2D eigenvalue weighted by Gasteiger charge is -2.05. The zero-order valence-electron chi connectivity index (χ0n) is 11.7. The van der Waals surface area contributed by atoms with Crippen LogP contribution in [0.25, 0.3) is 11.0 Å². The summed E-state index contributed by atoms with van der Waals surface area (Å²) in [7, 11) is 1.87. The molecule has 2 aromatic carbocycles. The van der Waals surface area contributed by atoms with Gasteiger partial charge in [0.05, 0.1) is 21.5 Å². The van der Waals surface area contributed by atoms with Gasteiger partial charge in [-0.05, 0) is 18.2 Å². The second-order valence-corrected chi connectivity index (χ2v) is 5.67. The van der Waals surface area contributed by atoms with Crippen LogP contribution in [0.15, 0.2) is 47.6 Å². The predicted molar refractivity (Wildman–Crippen MR) is 83.3 cm³/mol. The lowest BCUT2D eigenvalue weighted by molar-refractivity contribution is -0.385. The molecule has 1 aromatic heterocycles. The van der Waals surface area contributed by atoms with Crippen molar-refractivity contribution >= 4 is 28.5 Å². The largest absolute Gasteiger partial charge is 0.322 e. The van der Waals surface area contributed by atoms with Gasteiger partial charge in [-0.2, -0.15) is 0 Å². The van der Waals surface area contributed by atoms with Gasteiger partial charge in [0.2, 0.25) is 0 Å². The zero-order chi connectivity index (χ0) is 15.7. The van der Waals surface area contributed by atoms with Gasteiger partial charge in [0.25, 0.3) is 5.69 Å². The number of aryl methyl sites for hydroxylation is 1. The molecule has 7 heteroatoms. The molecule has 112 valence electrons. The number of aromatic nitrogens is 2. The average Bonchev–Trinajstić information content (AvgIpc) is 2.82. The van der Waals surface area contributed by atoms with Gasteiger partial charge < -0.3 is 4.57 Å². The molecular weight excluding hydrogens is 305 g/mol. The highest BCUT2D eigenvalue weighted by atomic mass is 32.2. The molecule has 0 aliphatic rings. The molecular formula is C15H12FN3O2S. The molecule has 0 saturated heterocycles. The number of halogens is 1. The van der Waals surface area contributed by atoms with Gasteiger partial charge in [-0.15, -0.1) is 0 Å². The number of nitro benzene ring substituents is 1. The molecule has 3 aromatic rings. The van der Waals surface area contributed by atoms with Gasteiger partial charge in [0, 0.05) is 18.9 Å². The minimum absolute atomic E-state index is 0.0876. The number of nitrogens with zero attached hydrogens (tertiary/aromatic N) is 3. The van der Waals surface area contributed by atoms with Crippen LogP contribution in [-0.2, 0) is 12.8 Å². The molecule has 5 nitrogen and oxygen atoms in total. The van der Waals surface area contributed by atoms with Crippen LogP contribution in [0.1, 0.15) is 5.56 Å². The SMILES string of the molecule is Cn1c(SCc2c(F)cccc2[N+](=O)[O-])nc2ccccc21. The smallest absolute Gasteiger partial charge is 0.276 e. The number of para-hydroxylation sites is 2. The van der Waals surface area contributed by atoms with Gasteiger partial charge in [-0.1, -0.05) is 30.0 Å².